The molecule has 0 saturated carbocycles. The first-order valence-corrected chi connectivity index (χ1v) is 9.76. The highest BCUT2D eigenvalue weighted by Gasteiger charge is 2.06. The maximum atomic E-state index is 12.2. The van der Waals surface area contributed by atoms with E-state index in [-0.39, 0.29) is 18.4 Å². The summed E-state index contributed by atoms with van der Waals surface area (Å²) in [5, 5.41) is 8.76. The Bertz CT molecular complexity index is 806. The van der Waals surface area contributed by atoms with Gasteiger partial charge in [0.25, 0.3) is 0 Å². The predicted octanol–water partition coefficient (Wildman–Crippen LogP) is 3.81. The van der Waals surface area contributed by atoms with Crippen LogP contribution >= 0.6 is 0 Å². The minimum Gasteiger partial charge on any atom is -0.491 e. The molecule has 2 rings (SSSR count). The minimum atomic E-state index is -0.172. The normalized spacial score (nSPS) is 10.3. The predicted molar refractivity (Wildman–Crippen MR) is 116 cm³/mol. The van der Waals surface area contributed by atoms with Crippen LogP contribution < -0.4 is 20.7 Å². The van der Waals surface area contributed by atoms with Gasteiger partial charge in [0, 0.05) is 30.1 Å². The van der Waals surface area contributed by atoms with Gasteiger partial charge in [0.2, 0.25) is 11.8 Å². The van der Waals surface area contributed by atoms with E-state index in [0.717, 1.165) is 22.7 Å². The van der Waals surface area contributed by atoms with Gasteiger partial charge in [-0.05, 0) is 55.8 Å². The topological polar surface area (TPSA) is 88.7 Å². The van der Waals surface area contributed by atoms with Gasteiger partial charge in [-0.1, -0.05) is 13.0 Å². The van der Waals surface area contributed by atoms with E-state index in [2.05, 4.69) is 16.0 Å². The Hall–Kier alpha value is -3.06. The molecular weight excluding hydrogens is 370 g/mol. The molecule has 0 aliphatic carbocycles. The second kappa shape index (κ2) is 11.7. The molecule has 3 N–H and O–H groups in total. The third kappa shape index (κ3) is 7.83. The van der Waals surface area contributed by atoms with Crippen molar-refractivity contribution in [2.75, 3.05) is 42.3 Å². The molecule has 0 aliphatic heterocycles. The number of carbonyl (C=O) groups is 2. The summed E-state index contributed by atoms with van der Waals surface area (Å²) in [5.41, 5.74) is 3.15. The molecule has 7 heteroatoms. The van der Waals surface area contributed by atoms with E-state index in [0.29, 0.717) is 31.9 Å². The van der Waals surface area contributed by atoms with Crippen LogP contribution in [0.4, 0.5) is 17.1 Å². The highest BCUT2D eigenvalue weighted by atomic mass is 16.5. The maximum Gasteiger partial charge on any atom is 0.243 e. The Labute approximate surface area is 171 Å². The van der Waals surface area contributed by atoms with Gasteiger partial charge in [0.05, 0.1) is 13.2 Å². The molecule has 0 radical (unpaired) electrons. The van der Waals surface area contributed by atoms with Gasteiger partial charge in [-0.3, -0.25) is 9.59 Å². The number of nitrogens with one attached hydrogen (secondary N) is 3. The zero-order chi connectivity index (χ0) is 21.1. The fourth-order valence-electron chi connectivity index (χ4n) is 2.49. The first-order valence-electron chi connectivity index (χ1n) is 9.76. The first-order chi connectivity index (χ1) is 14.0. The zero-order valence-electron chi connectivity index (χ0n) is 17.2. The van der Waals surface area contributed by atoms with E-state index in [1.165, 1.54) is 0 Å². The van der Waals surface area contributed by atoms with E-state index in [1.807, 2.05) is 32.0 Å². The molecule has 0 fully saturated rings. The van der Waals surface area contributed by atoms with Crippen LogP contribution in [0.2, 0.25) is 0 Å². The molecule has 0 spiro atoms. The molecule has 0 aromatic heterocycles. The number of hydrogen-bond donors (Lipinski definition) is 3. The molecule has 2 aromatic carbocycles. The molecule has 0 unspecified atom stereocenters. The van der Waals surface area contributed by atoms with Crippen molar-refractivity contribution in [2.24, 2.45) is 0 Å². The minimum absolute atomic E-state index is 0.0479. The number of hydrogen-bond acceptors (Lipinski definition) is 5. The fraction of sp³-hybridized carbons (Fsp3) is 0.364. The molecule has 2 amide bonds. The second-order valence-corrected chi connectivity index (χ2v) is 6.40. The van der Waals surface area contributed by atoms with Crippen LogP contribution in [0.15, 0.2) is 42.5 Å². The summed E-state index contributed by atoms with van der Waals surface area (Å²) < 4.78 is 10.8. The van der Waals surface area contributed by atoms with Crippen LogP contribution in [0.25, 0.3) is 0 Å². The average Bonchev–Trinajstić information content (AvgIpc) is 2.73. The molecule has 0 bridgehead atoms. The van der Waals surface area contributed by atoms with Crippen LogP contribution in [0.3, 0.4) is 0 Å². The molecule has 0 saturated heterocycles. The lowest BCUT2D eigenvalue weighted by atomic mass is 10.1. The molecule has 0 aliphatic rings. The number of benzene rings is 2. The number of rotatable bonds is 11. The van der Waals surface area contributed by atoms with Crippen LogP contribution in [-0.4, -0.2) is 38.2 Å². The van der Waals surface area contributed by atoms with E-state index in [1.54, 1.807) is 31.2 Å². The smallest absolute Gasteiger partial charge is 0.243 e. The number of aryl methyl sites for hydroxylation is 1. The molecule has 156 valence electrons. The summed E-state index contributed by atoms with van der Waals surface area (Å²) in [6.07, 6.45) is 0.413. The maximum absolute atomic E-state index is 12.2. The number of ether oxygens (including phenoxy) is 2. The third-order valence-corrected chi connectivity index (χ3v) is 4.12. The lowest BCUT2D eigenvalue weighted by Crippen LogP contribution is -2.21. The SMILES string of the molecule is CCOCCOc1ccc(NC(=O)CNc2ccc(C)c(NC(=O)CC)c2)cc1. The van der Waals surface area contributed by atoms with Gasteiger partial charge in [0.1, 0.15) is 12.4 Å². The Balaban J connectivity index is 1.82. The number of anilines is 3. The van der Waals surface area contributed by atoms with Gasteiger partial charge in [-0.25, -0.2) is 0 Å². The highest BCUT2D eigenvalue weighted by Crippen LogP contribution is 2.20. The van der Waals surface area contributed by atoms with E-state index >= 15 is 0 Å². The van der Waals surface area contributed by atoms with Gasteiger partial charge in [-0.2, -0.15) is 0 Å². The lowest BCUT2D eigenvalue weighted by Gasteiger charge is -2.12. The van der Waals surface area contributed by atoms with Gasteiger partial charge in [0.15, 0.2) is 0 Å². The van der Waals surface area contributed by atoms with Crippen molar-refractivity contribution < 1.29 is 19.1 Å². The summed E-state index contributed by atoms with van der Waals surface area (Å²) in [5.74, 6) is 0.505. The highest BCUT2D eigenvalue weighted by molar-refractivity contribution is 5.94. The van der Waals surface area contributed by atoms with Crippen molar-refractivity contribution in [1.82, 2.24) is 0 Å². The van der Waals surface area contributed by atoms with E-state index < -0.39 is 0 Å². The van der Waals surface area contributed by atoms with Crippen LogP contribution in [0.1, 0.15) is 25.8 Å². The van der Waals surface area contributed by atoms with Crippen molar-refractivity contribution in [3.63, 3.8) is 0 Å². The molecule has 29 heavy (non-hydrogen) atoms. The summed E-state index contributed by atoms with van der Waals surface area (Å²) in [7, 11) is 0. The Morgan fingerprint density at radius 1 is 0.897 bits per heavy atom. The molecule has 7 nitrogen and oxygen atoms in total. The van der Waals surface area contributed by atoms with Crippen LogP contribution in [-0.2, 0) is 14.3 Å². The summed E-state index contributed by atoms with van der Waals surface area (Å²) >= 11 is 0. The lowest BCUT2D eigenvalue weighted by molar-refractivity contribution is -0.116. The number of carbonyl (C=O) groups excluding carboxylic acids is 2. The zero-order valence-corrected chi connectivity index (χ0v) is 17.2. The summed E-state index contributed by atoms with van der Waals surface area (Å²) in [6, 6.07) is 12.8. The molecule has 2 aromatic rings. The molecular formula is C22H29N3O4. The van der Waals surface area contributed by atoms with Crippen molar-refractivity contribution in [3.05, 3.63) is 48.0 Å². The Kier molecular flexibility index (Phi) is 8.98. The summed E-state index contributed by atoms with van der Waals surface area (Å²) in [6.45, 7) is 7.47. The Morgan fingerprint density at radius 2 is 1.62 bits per heavy atom. The van der Waals surface area contributed by atoms with Gasteiger partial charge in [-0.15, -0.1) is 0 Å². The standard InChI is InChI=1S/C22H29N3O4/c1-4-21(26)25-20-14-18(7-6-16(20)3)23-15-22(27)24-17-8-10-19(11-9-17)29-13-12-28-5-2/h6-11,14,23H,4-5,12-13,15H2,1-3H3,(H,24,27)(H,25,26). The molecule has 0 heterocycles. The largest absolute Gasteiger partial charge is 0.491 e. The van der Waals surface area contributed by atoms with Crippen molar-refractivity contribution in [2.45, 2.75) is 27.2 Å². The summed E-state index contributed by atoms with van der Waals surface area (Å²) in [4.78, 5) is 23.8. The van der Waals surface area contributed by atoms with E-state index in [9.17, 15) is 9.59 Å². The third-order valence-electron chi connectivity index (χ3n) is 4.12. The average molecular weight is 399 g/mol. The van der Waals surface area contributed by atoms with Crippen LogP contribution in [0.5, 0.6) is 5.75 Å². The number of amides is 2. The fourth-order valence-corrected chi connectivity index (χ4v) is 2.49. The van der Waals surface area contributed by atoms with Gasteiger partial charge < -0.3 is 25.4 Å². The molecule has 0 atom stereocenters. The second-order valence-electron chi connectivity index (χ2n) is 6.40. The first kappa shape index (κ1) is 22.2. The van der Waals surface area contributed by atoms with Crippen molar-refractivity contribution in [1.29, 1.82) is 0 Å². The van der Waals surface area contributed by atoms with Crippen molar-refractivity contribution >= 4 is 28.9 Å². The quantitative estimate of drug-likeness (QED) is 0.500. The van der Waals surface area contributed by atoms with E-state index in [4.69, 9.17) is 9.47 Å². The van der Waals surface area contributed by atoms with Crippen molar-refractivity contribution in [3.8, 4) is 5.75 Å². The monoisotopic (exact) mass is 399 g/mol. The van der Waals surface area contributed by atoms with Crippen LogP contribution in [0, 0.1) is 6.92 Å². The van der Waals surface area contributed by atoms with Gasteiger partial charge >= 0.3 is 0 Å². The Morgan fingerprint density at radius 3 is 2.31 bits per heavy atom.